The molecule has 0 saturated carbocycles. The molecule has 0 bridgehead atoms. The molecule has 0 spiro atoms. The minimum Gasteiger partial charge on any atom is -0.493 e. The van der Waals surface area contributed by atoms with Gasteiger partial charge in [-0.2, -0.15) is 0 Å². The van der Waals surface area contributed by atoms with Gasteiger partial charge in [0.2, 0.25) is 11.4 Å². The van der Waals surface area contributed by atoms with Crippen LogP contribution in [-0.2, 0) is 29.3 Å². The molecule has 2 aromatic rings. The zero-order chi connectivity index (χ0) is 39.2. The number of aryl methyl sites for hydroxylation is 2. The van der Waals surface area contributed by atoms with Crippen LogP contribution < -0.4 is 0 Å². The van der Waals surface area contributed by atoms with Crippen molar-refractivity contribution < 1.29 is 21.2 Å². The molecule has 0 amide bonds. The van der Waals surface area contributed by atoms with Crippen molar-refractivity contribution in [2.45, 2.75) is 227 Å². The smallest absolute Gasteiger partial charge is 0.493 e. The summed E-state index contributed by atoms with van der Waals surface area (Å²) in [6, 6.07) is 18.0. The van der Waals surface area contributed by atoms with Crippen LogP contribution in [0.15, 0.2) is 59.7 Å². The first-order valence-electron chi connectivity index (χ1n) is 23.8. The Bertz CT molecular complexity index is 1440. The van der Waals surface area contributed by atoms with Crippen molar-refractivity contribution in [3.63, 3.8) is 0 Å². The SMILES string of the molecule is CCCCCCCCCCCCCCCCCCCC#CC1=C(c2ccc(CCCCC)cc2)[N+](=[N-])C(c2ccc(CCCCC)cc2)=C1CCCCCC.[CH3-].[CH3-].[Ni+2]. The fourth-order valence-corrected chi connectivity index (χ4v) is 8.18. The van der Waals surface area contributed by atoms with Crippen LogP contribution >= 0.6 is 0 Å². The van der Waals surface area contributed by atoms with Gasteiger partial charge in [0.25, 0.3) is 0 Å². The second-order valence-electron chi connectivity index (χ2n) is 16.7. The Morgan fingerprint density at radius 3 is 1.16 bits per heavy atom. The first-order valence-corrected chi connectivity index (χ1v) is 23.8. The predicted molar refractivity (Wildman–Crippen MR) is 255 cm³/mol. The van der Waals surface area contributed by atoms with Crippen LogP contribution in [0.1, 0.15) is 236 Å². The van der Waals surface area contributed by atoms with Crippen LogP contribution in [0.5, 0.6) is 0 Å². The van der Waals surface area contributed by atoms with Crippen molar-refractivity contribution in [2.24, 2.45) is 0 Å². The Kier molecular flexibility index (Phi) is 34.9. The molecule has 0 aliphatic carbocycles. The van der Waals surface area contributed by atoms with E-state index in [-0.39, 0.29) is 31.3 Å². The van der Waals surface area contributed by atoms with Crippen molar-refractivity contribution in [1.29, 1.82) is 0 Å². The summed E-state index contributed by atoms with van der Waals surface area (Å²) in [7, 11) is 0. The normalized spacial score (nSPS) is 12.2. The van der Waals surface area contributed by atoms with Crippen LogP contribution in [0, 0.1) is 26.7 Å². The van der Waals surface area contributed by atoms with E-state index in [0.717, 1.165) is 66.6 Å². The van der Waals surface area contributed by atoms with Gasteiger partial charge in [0, 0.05) is 23.1 Å². The predicted octanol–water partition coefficient (Wildman–Crippen LogP) is 18.2. The molecule has 1 heterocycles. The summed E-state index contributed by atoms with van der Waals surface area (Å²) in [4.78, 5) is 0. The molecule has 1 aliphatic rings. The topological polar surface area (TPSA) is 25.3 Å². The summed E-state index contributed by atoms with van der Waals surface area (Å²) in [6.45, 7) is 9.10. The standard InChI is InChI=1S/C53H82N2.2CH3.Ni/c1-5-9-13-15-16-17-18-19-20-21-22-23-24-25-26-27-28-29-33-37-51-50(36-32-14-10-6-2)52(48-42-38-46(39-43-48)34-30-11-7-3)55(54)53(51)49-44-40-47(41-45-49)35-31-12-8-4;;;/h38-45H,5-32,34-36H2,1-4H3;2*1H3;/q;2*-1;+2. The summed E-state index contributed by atoms with van der Waals surface area (Å²) in [5, 5.41) is 0. The molecule has 2 nitrogen and oxygen atoms in total. The van der Waals surface area contributed by atoms with Crippen molar-refractivity contribution in [1.82, 2.24) is 0 Å². The van der Waals surface area contributed by atoms with E-state index in [1.165, 1.54) is 182 Å². The van der Waals surface area contributed by atoms with Crippen molar-refractivity contribution in [3.05, 3.63) is 102 Å². The van der Waals surface area contributed by atoms with E-state index >= 15 is 0 Å². The third kappa shape index (κ3) is 21.7. The fourth-order valence-electron chi connectivity index (χ4n) is 8.18. The number of hydrogen-bond donors (Lipinski definition) is 0. The Labute approximate surface area is 371 Å². The van der Waals surface area contributed by atoms with E-state index in [4.69, 9.17) is 0 Å². The molecule has 0 aromatic heterocycles. The van der Waals surface area contributed by atoms with Gasteiger partial charge in [-0.25, -0.2) is 4.70 Å². The maximum absolute atomic E-state index is 12.1. The molecular formula is C55H88N2Ni. The molecule has 0 radical (unpaired) electrons. The van der Waals surface area contributed by atoms with E-state index in [1.807, 2.05) is 0 Å². The molecule has 2 aromatic carbocycles. The molecule has 0 atom stereocenters. The number of allylic oxidation sites excluding steroid dienone is 2. The average molecular weight is 836 g/mol. The minimum atomic E-state index is 0. The van der Waals surface area contributed by atoms with Gasteiger partial charge in [-0.3, -0.25) is 0 Å². The number of rotatable bonds is 32. The van der Waals surface area contributed by atoms with E-state index in [1.54, 1.807) is 0 Å². The number of benzene rings is 2. The Morgan fingerprint density at radius 2 is 0.741 bits per heavy atom. The van der Waals surface area contributed by atoms with E-state index < -0.39 is 0 Å². The summed E-state index contributed by atoms with van der Waals surface area (Å²) in [5.41, 5.74) is 21.0. The molecule has 3 rings (SSSR count). The van der Waals surface area contributed by atoms with Gasteiger partial charge >= 0.3 is 16.5 Å². The summed E-state index contributed by atoms with van der Waals surface area (Å²) < 4.78 is 1.49. The van der Waals surface area contributed by atoms with Crippen LogP contribution in [-0.4, -0.2) is 4.70 Å². The largest absolute Gasteiger partial charge is 2.00 e. The van der Waals surface area contributed by atoms with Crippen LogP contribution in [0.25, 0.3) is 16.9 Å². The van der Waals surface area contributed by atoms with Crippen LogP contribution in [0.2, 0.25) is 0 Å². The molecule has 328 valence electrons. The summed E-state index contributed by atoms with van der Waals surface area (Å²) >= 11 is 0. The molecular weight excluding hydrogens is 747 g/mol. The molecule has 0 saturated heterocycles. The Morgan fingerprint density at radius 1 is 0.414 bits per heavy atom. The molecule has 58 heavy (non-hydrogen) atoms. The Hall–Kier alpha value is -2.43. The molecule has 3 heteroatoms. The van der Waals surface area contributed by atoms with Gasteiger partial charge in [0.15, 0.2) is 0 Å². The zero-order valence-electron chi connectivity index (χ0n) is 38.7. The van der Waals surface area contributed by atoms with Crippen molar-refractivity contribution in [3.8, 4) is 11.8 Å². The third-order valence-electron chi connectivity index (χ3n) is 11.7. The second kappa shape index (κ2) is 36.4. The first-order chi connectivity index (χ1) is 27.1. The van der Waals surface area contributed by atoms with Gasteiger partial charge in [-0.05, 0) is 80.3 Å². The molecule has 0 unspecified atom stereocenters. The summed E-state index contributed by atoms with van der Waals surface area (Å²) in [6.07, 6.45) is 40.0. The van der Waals surface area contributed by atoms with Crippen LogP contribution in [0.4, 0.5) is 0 Å². The molecule has 0 fully saturated rings. The van der Waals surface area contributed by atoms with E-state index in [0.29, 0.717) is 0 Å². The maximum Gasteiger partial charge on any atom is 2.00 e. The zero-order valence-corrected chi connectivity index (χ0v) is 39.7. The quantitative estimate of drug-likeness (QED) is 0.0231. The van der Waals surface area contributed by atoms with Gasteiger partial charge < -0.3 is 20.4 Å². The van der Waals surface area contributed by atoms with Gasteiger partial charge in [0.05, 0.1) is 0 Å². The maximum atomic E-state index is 12.1. The Balaban J connectivity index is 0.0000108. The number of hydrogen-bond acceptors (Lipinski definition) is 0. The van der Waals surface area contributed by atoms with Crippen molar-refractivity contribution >= 4 is 11.4 Å². The first kappa shape index (κ1) is 55.6. The van der Waals surface area contributed by atoms with Crippen LogP contribution in [0.3, 0.4) is 0 Å². The monoisotopic (exact) mass is 835 g/mol. The fraction of sp³-hybridized carbons (Fsp3) is 0.636. The van der Waals surface area contributed by atoms with Gasteiger partial charge in [0.1, 0.15) is 5.57 Å². The molecule has 0 N–H and O–H groups in total. The second-order valence-corrected chi connectivity index (χ2v) is 16.7. The van der Waals surface area contributed by atoms with E-state index in [9.17, 15) is 5.53 Å². The number of nitrogens with zero attached hydrogens (tertiary/aromatic N) is 2. The summed E-state index contributed by atoms with van der Waals surface area (Å²) in [5.74, 6) is 7.29. The van der Waals surface area contributed by atoms with E-state index in [2.05, 4.69) is 88.1 Å². The molecule has 1 aliphatic heterocycles. The third-order valence-corrected chi connectivity index (χ3v) is 11.7. The van der Waals surface area contributed by atoms with Crippen molar-refractivity contribution in [2.75, 3.05) is 0 Å². The minimum absolute atomic E-state index is 0. The average Bonchev–Trinajstić information content (AvgIpc) is 3.48. The van der Waals surface area contributed by atoms with Gasteiger partial charge in [-0.1, -0.05) is 211 Å². The van der Waals surface area contributed by atoms with Gasteiger partial charge in [-0.15, -0.1) is 0 Å². The number of unbranched alkanes of at least 4 members (excludes halogenated alkanes) is 24.